The Morgan fingerprint density at radius 3 is 1.67 bits per heavy atom. The molecule has 0 aliphatic heterocycles. The average Bonchev–Trinajstić information content (AvgIpc) is 2.31. The van der Waals surface area contributed by atoms with Crippen LogP contribution in [0.4, 0.5) is 0 Å². The molecule has 76 valence electrons. The van der Waals surface area contributed by atoms with Crippen molar-refractivity contribution in [1.29, 1.82) is 0 Å². The van der Waals surface area contributed by atoms with Crippen LogP contribution in [0.15, 0.2) is 58.8 Å². The van der Waals surface area contributed by atoms with E-state index < -0.39 is 9.84 Å². The van der Waals surface area contributed by atoms with Crippen molar-refractivity contribution < 1.29 is 8.42 Å². The molecule has 0 amide bonds. The molecule has 2 heterocycles. The van der Waals surface area contributed by atoms with Crippen molar-refractivity contribution in [3.8, 4) is 0 Å². The van der Waals surface area contributed by atoms with Crippen molar-refractivity contribution in [3.63, 3.8) is 0 Å². The summed E-state index contributed by atoms with van der Waals surface area (Å²) >= 11 is 0. The summed E-state index contributed by atoms with van der Waals surface area (Å²) in [5.74, 6) is 0. The Labute approximate surface area is 87.6 Å². The van der Waals surface area contributed by atoms with Crippen LogP contribution < -0.4 is 0 Å². The average molecular weight is 220 g/mol. The Morgan fingerprint density at radius 2 is 1.33 bits per heavy atom. The molecule has 0 fully saturated rings. The van der Waals surface area contributed by atoms with E-state index >= 15 is 0 Å². The summed E-state index contributed by atoms with van der Waals surface area (Å²) in [5, 5.41) is 0. The van der Waals surface area contributed by atoms with Crippen LogP contribution in [0, 0.1) is 0 Å². The molecule has 15 heavy (non-hydrogen) atoms. The van der Waals surface area contributed by atoms with Gasteiger partial charge in [-0.15, -0.1) is 0 Å². The van der Waals surface area contributed by atoms with Gasteiger partial charge >= 0.3 is 0 Å². The number of hydrogen-bond acceptors (Lipinski definition) is 4. The van der Waals surface area contributed by atoms with Gasteiger partial charge in [-0.3, -0.25) is 9.97 Å². The van der Waals surface area contributed by atoms with Crippen molar-refractivity contribution in [2.45, 2.75) is 9.79 Å². The SMILES string of the molecule is O=S(=O)(c1cccnc1)c1cccnc1. The van der Waals surface area contributed by atoms with Gasteiger partial charge in [-0.05, 0) is 24.3 Å². The second-order valence-corrected chi connectivity index (χ2v) is 4.83. The molecule has 2 rings (SSSR count). The molecule has 5 heteroatoms. The van der Waals surface area contributed by atoms with Crippen molar-refractivity contribution in [1.82, 2.24) is 9.97 Å². The number of aromatic nitrogens is 2. The van der Waals surface area contributed by atoms with E-state index in [4.69, 9.17) is 0 Å². The molecule has 0 saturated carbocycles. The van der Waals surface area contributed by atoms with Crippen LogP contribution >= 0.6 is 0 Å². The molecule has 0 spiro atoms. The van der Waals surface area contributed by atoms with Gasteiger partial charge in [-0.2, -0.15) is 0 Å². The molecule has 0 radical (unpaired) electrons. The minimum absolute atomic E-state index is 0.179. The highest BCUT2D eigenvalue weighted by molar-refractivity contribution is 7.91. The molecule has 2 aromatic heterocycles. The fourth-order valence-corrected chi connectivity index (χ4v) is 2.34. The second kappa shape index (κ2) is 3.78. The summed E-state index contributed by atoms with van der Waals surface area (Å²) in [6.45, 7) is 0. The van der Waals surface area contributed by atoms with Gasteiger partial charge in [0.05, 0.1) is 9.79 Å². The molecule has 0 saturated heterocycles. The molecule has 0 bridgehead atoms. The first-order valence-electron chi connectivity index (χ1n) is 4.26. The van der Waals surface area contributed by atoms with E-state index in [0.717, 1.165) is 0 Å². The normalized spacial score (nSPS) is 11.2. The zero-order valence-corrected chi connectivity index (χ0v) is 8.55. The summed E-state index contributed by atoms with van der Waals surface area (Å²) in [4.78, 5) is 7.91. The van der Waals surface area contributed by atoms with Gasteiger partial charge in [-0.25, -0.2) is 8.42 Å². The van der Waals surface area contributed by atoms with Crippen LogP contribution in [-0.2, 0) is 9.84 Å². The summed E-state index contributed by atoms with van der Waals surface area (Å²) in [7, 11) is -3.46. The first kappa shape index (κ1) is 9.79. The molecule has 0 aliphatic rings. The van der Waals surface area contributed by atoms with Gasteiger partial charge in [0.2, 0.25) is 9.84 Å². The third kappa shape index (κ3) is 1.87. The molecule has 0 aromatic carbocycles. The van der Waals surface area contributed by atoms with Gasteiger partial charge in [0.25, 0.3) is 0 Å². The largest absolute Gasteiger partial charge is 0.263 e. The molecule has 0 unspecified atom stereocenters. The van der Waals surface area contributed by atoms with Crippen LogP contribution in [-0.4, -0.2) is 18.4 Å². The second-order valence-electron chi connectivity index (χ2n) is 2.88. The number of sulfone groups is 1. The lowest BCUT2D eigenvalue weighted by atomic mass is 10.5. The smallest absolute Gasteiger partial charge is 0.209 e. The van der Waals surface area contributed by atoms with Gasteiger partial charge < -0.3 is 0 Å². The van der Waals surface area contributed by atoms with Crippen LogP contribution in [0.5, 0.6) is 0 Å². The maximum Gasteiger partial charge on any atom is 0.209 e. The van der Waals surface area contributed by atoms with Gasteiger partial charge in [0, 0.05) is 24.8 Å². The Bertz CT molecular complexity index is 493. The van der Waals surface area contributed by atoms with E-state index in [1.54, 1.807) is 12.1 Å². The summed E-state index contributed by atoms with van der Waals surface area (Å²) in [5.41, 5.74) is 0. The molecular weight excluding hydrogens is 212 g/mol. The number of pyridine rings is 2. The minimum atomic E-state index is -3.46. The van der Waals surface area contributed by atoms with Crippen LogP contribution in [0.3, 0.4) is 0 Å². The molecule has 4 nitrogen and oxygen atoms in total. The van der Waals surface area contributed by atoms with Gasteiger partial charge in [0.1, 0.15) is 0 Å². The van der Waals surface area contributed by atoms with Crippen molar-refractivity contribution in [2.75, 3.05) is 0 Å². The van der Waals surface area contributed by atoms with Crippen molar-refractivity contribution >= 4 is 9.84 Å². The van der Waals surface area contributed by atoms with Crippen molar-refractivity contribution in [3.05, 3.63) is 49.1 Å². The zero-order chi connectivity index (χ0) is 10.7. The fraction of sp³-hybridized carbons (Fsp3) is 0. The number of nitrogens with zero attached hydrogens (tertiary/aromatic N) is 2. The molecule has 0 atom stereocenters. The van der Waals surface area contributed by atoms with E-state index in [2.05, 4.69) is 9.97 Å². The summed E-state index contributed by atoms with van der Waals surface area (Å²) < 4.78 is 23.9. The van der Waals surface area contributed by atoms with Crippen LogP contribution in [0.1, 0.15) is 0 Å². The van der Waals surface area contributed by atoms with E-state index in [0.29, 0.717) is 0 Å². The molecule has 2 aromatic rings. The fourth-order valence-electron chi connectivity index (χ4n) is 1.15. The maximum absolute atomic E-state index is 12.0. The van der Waals surface area contributed by atoms with E-state index in [9.17, 15) is 8.42 Å². The predicted molar refractivity (Wildman–Crippen MR) is 53.9 cm³/mol. The lowest BCUT2D eigenvalue weighted by Crippen LogP contribution is -2.02. The molecular formula is C10H8N2O2S. The lowest BCUT2D eigenvalue weighted by Gasteiger charge is -2.02. The highest BCUT2D eigenvalue weighted by atomic mass is 32.2. The summed E-state index contributed by atoms with van der Waals surface area (Å²) in [6.07, 6.45) is 5.70. The summed E-state index contributed by atoms with van der Waals surface area (Å²) in [6, 6.07) is 6.19. The zero-order valence-electron chi connectivity index (χ0n) is 7.74. The van der Waals surface area contributed by atoms with Gasteiger partial charge in [0.15, 0.2) is 0 Å². The number of rotatable bonds is 2. The molecule has 0 aliphatic carbocycles. The standard InChI is InChI=1S/C10H8N2O2S/c13-15(14,9-3-1-5-11-7-9)10-4-2-6-12-8-10/h1-8H. The topological polar surface area (TPSA) is 59.9 Å². The first-order chi connectivity index (χ1) is 7.21. The van der Waals surface area contributed by atoms with Crippen LogP contribution in [0.25, 0.3) is 0 Å². The Balaban J connectivity index is 2.55. The Hall–Kier alpha value is -1.75. The maximum atomic E-state index is 12.0. The van der Waals surface area contributed by atoms with Gasteiger partial charge in [-0.1, -0.05) is 0 Å². The van der Waals surface area contributed by atoms with Crippen molar-refractivity contribution in [2.24, 2.45) is 0 Å². The first-order valence-corrected chi connectivity index (χ1v) is 5.75. The predicted octanol–water partition coefficient (Wildman–Crippen LogP) is 1.31. The quantitative estimate of drug-likeness (QED) is 0.765. The Morgan fingerprint density at radius 1 is 0.867 bits per heavy atom. The Kier molecular flexibility index (Phi) is 2.47. The molecule has 0 N–H and O–H groups in total. The van der Waals surface area contributed by atoms with E-state index in [1.807, 2.05) is 0 Å². The minimum Gasteiger partial charge on any atom is -0.263 e. The highest BCUT2D eigenvalue weighted by Crippen LogP contribution is 2.17. The third-order valence-electron chi connectivity index (χ3n) is 1.89. The number of hydrogen-bond donors (Lipinski definition) is 0. The monoisotopic (exact) mass is 220 g/mol. The lowest BCUT2D eigenvalue weighted by molar-refractivity contribution is 0.595. The van der Waals surface area contributed by atoms with Crippen LogP contribution in [0.2, 0.25) is 0 Å². The highest BCUT2D eigenvalue weighted by Gasteiger charge is 2.16. The third-order valence-corrected chi connectivity index (χ3v) is 3.61. The van der Waals surface area contributed by atoms with E-state index in [-0.39, 0.29) is 9.79 Å². The van der Waals surface area contributed by atoms with E-state index in [1.165, 1.54) is 36.9 Å².